The largest absolute Gasteiger partial charge is 0.477 e. The minimum absolute atomic E-state index is 0.0673. The van der Waals surface area contributed by atoms with Gasteiger partial charge in [0.15, 0.2) is 0 Å². The molecule has 1 aromatic rings. The average Bonchev–Trinajstić information content (AvgIpc) is 2.65. The number of nitrogens with one attached hydrogen (secondary N) is 2. The second-order valence-corrected chi connectivity index (χ2v) is 5.60. The van der Waals surface area contributed by atoms with Crippen LogP contribution in [0.15, 0.2) is 0 Å². The van der Waals surface area contributed by atoms with Crippen LogP contribution in [0, 0.1) is 13.8 Å². The second-order valence-electron chi connectivity index (χ2n) is 5.60. The molecule has 1 fully saturated rings. The molecular formula is C14H20N2O4. The number of carbonyl (C=O) groups excluding carboxylic acids is 1. The maximum Gasteiger partial charge on any atom is 0.352 e. The first-order chi connectivity index (χ1) is 9.34. The van der Waals surface area contributed by atoms with E-state index in [0.717, 1.165) is 19.4 Å². The SMILES string of the molecule is Cc1[nH]c(C(=O)O)c(C)c1C(=O)NC1(C)CCCOC1. The van der Waals surface area contributed by atoms with Crippen molar-refractivity contribution in [2.24, 2.45) is 0 Å². The van der Waals surface area contributed by atoms with Gasteiger partial charge in [-0.2, -0.15) is 0 Å². The molecule has 6 heteroatoms. The van der Waals surface area contributed by atoms with Crippen molar-refractivity contribution >= 4 is 11.9 Å². The van der Waals surface area contributed by atoms with Crippen LogP contribution < -0.4 is 5.32 Å². The minimum atomic E-state index is -1.06. The van der Waals surface area contributed by atoms with E-state index in [9.17, 15) is 9.59 Å². The van der Waals surface area contributed by atoms with E-state index >= 15 is 0 Å². The zero-order chi connectivity index (χ0) is 14.9. The maximum atomic E-state index is 12.4. The smallest absolute Gasteiger partial charge is 0.352 e. The Kier molecular flexibility index (Phi) is 3.85. The summed E-state index contributed by atoms with van der Waals surface area (Å²) < 4.78 is 5.41. The summed E-state index contributed by atoms with van der Waals surface area (Å²) in [5.41, 5.74) is 1.12. The number of aromatic carboxylic acids is 1. The Balaban J connectivity index is 2.23. The van der Waals surface area contributed by atoms with Gasteiger partial charge in [0.25, 0.3) is 5.91 Å². The number of amides is 1. The molecule has 1 aromatic heterocycles. The molecule has 0 aromatic carbocycles. The van der Waals surface area contributed by atoms with Crippen molar-refractivity contribution in [2.75, 3.05) is 13.2 Å². The lowest BCUT2D eigenvalue weighted by molar-refractivity contribution is 0.0272. The number of ether oxygens (including phenoxy) is 1. The van der Waals surface area contributed by atoms with E-state index in [1.165, 1.54) is 0 Å². The molecule has 1 atom stereocenters. The maximum absolute atomic E-state index is 12.4. The van der Waals surface area contributed by atoms with Gasteiger partial charge in [0.05, 0.1) is 17.7 Å². The van der Waals surface area contributed by atoms with Crippen molar-refractivity contribution in [3.8, 4) is 0 Å². The van der Waals surface area contributed by atoms with E-state index in [4.69, 9.17) is 9.84 Å². The van der Waals surface area contributed by atoms with Crippen molar-refractivity contribution in [1.29, 1.82) is 0 Å². The van der Waals surface area contributed by atoms with Crippen LogP contribution in [-0.2, 0) is 4.74 Å². The number of carboxylic acids is 1. The lowest BCUT2D eigenvalue weighted by Crippen LogP contribution is -2.51. The molecule has 20 heavy (non-hydrogen) atoms. The van der Waals surface area contributed by atoms with Crippen LogP contribution in [0.2, 0.25) is 0 Å². The van der Waals surface area contributed by atoms with Crippen molar-refractivity contribution < 1.29 is 19.4 Å². The third-order valence-electron chi connectivity index (χ3n) is 3.73. The number of aryl methyl sites for hydroxylation is 1. The highest BCUT2D eigenvalue weighted by Crippen LogP contribution is 2.22. The summed E-state index contributed by atoms with van der Waals surface area (Å²) in [5, 5.41) is 12.0. The number of H-pyrrole nitrogens is 1. The van der Waals surface area contributed by atoms with Gasteiger partial charge in [-0.05, 0) is 39.2 Å². The molecule has 1 unspecified atom stereocenters. The molecule has 0 saturated carbocycles. The topological polar surface area (TPSA) is 91.4 Å². The zero-order valence-electron chi connectivity index (χ0n) is 12.0. The highest BCUT2D eigenvalue weighted by Gasteiger charge is 2.31. The minimum Gasteiger partial charge on any atom is -0.477 e. The van der Waals surface area contributed by atoms with Crippen LogP contribution in [0.5, 0.6) is 0 Å². The second kappa shape index (κ2) is 5.28. The fraction of sp³-hybridized carbons (Fsp3) is 0.571. The van der Waals surface area contributed by atoms with Crippen LogP contribution in [0.25, 0.3) is 0 Å². The van der Waals surface area contributed by atoms with E-state index in [1.807, 2.05) is 6.92 Å². The Labute approximate surface area is 117 Å². The summed E-state index contributed by atoms with van der Waals surface area (Å²) in [7, 11) is 0. The number of rotatable bonds is 3. The number of aromatic amines is 1. The van der Waals surface area contributed by atoms with Gasteiger partial charge >= 0.3 is 5.97 Å². The molecular weight excluding hydrogens is 260 g/mol. The molecule has 1 aliphatic heterocycles. The predicted octanol–water partition coefficient (Wildman–Crippen LogP) is 1.63. The van der Waals surface area contributed by atoms with Crippen LogP contribution in [-0.4, -0.2) is 40.7 Å². The standard InChI is InChI=1S/C14H20N2O4/c1-8-10(9(2)15-11(8)13(18)19)12(17)16-14(3)5-4-6-20-7-14/h15H,4-7H2,1-3H3,(H,16,17)(H,18,19). The molecule has 6 nitrogen and oxygen atoms in total. The molecule has 1 aliphatic rings. The van der Waals surface area contributed by atoms with Gasteiger partial charge < -0.3 is 20.1 Å². The Morgan fingerprint density at radius 1 is 1.40 bits per heavy atom. The van der Waals surface area contributed by atoms with E-state index in [0.29, 0.717) is 23.4 Å². The monoisotopic (exact) mass is 280 g/mol. The summed E-state index contributed by atoms with van der Waals surface area (Å²) in [6.07, 6.45) is 1.76. The number of carbonyl (C=O) groups is 2. The lowest BCUT2D eigenvalue weighted by Gasteiger charge is -2.34. The Morgan fingerprint density at radius 3 is 2.60 bits per heavy atom. The molecule has 1 amide bonds. The van der Waals surface area contributed by atoms with E-state index in [-0.39, 0.29) is 11.6 Å². The van der Waals surface area contributed by atoms with Gasteiger partial charge in [0, 0.05) is 12.3 Å². The first-order valence-corrected chi connectivity index (χ1v) is 6.67. The summed E-state index contributed by atoms with van der Waals surface area (Å²) in [6.45, 7) is 6.49. The highest BCUT2D eigenvalue weighted by atomic mass is 16.5. The van der Waals surface area contributed by atoms with Crippen molar-refractivity contribution in [1.82, 2.24) is 10.3 Å². The number of hydrogen-bond acceptors (Lipinski definition) is 3. The van der Waals surface area contributed by atoms with E-state index < -0.39 is 11.5 Å². The van der Waals surface area contributed by atoms with Gasteiger partial charge in [0.1, 0.15) is 5.69 Å². The van der Waals surface area contributed by atoms with Gasteiger partial charge in [-0.15, -0.1) is 0 Å². The third kappa shape index (κ3) is 2.70. The van der Waals surface area contributed by atoms with Crippen molar-refractivity contribution in [2.45, 2.75) is 39.2 Å². The van der Waals surface area contributed by atoms with Crippen LogP contribution in [0.3, 0.4) is 0 Å². The normalized spacial score (nSPS) is 22.6. The quantitative estimate of drug-likeness (QED) is 0.784. The third-order valence-corrected chi connectivity index (χ3v) is 3.73. The van der Waals surface area contributed by atoms with Crippen LogP contribution in [0.4, 0.5) is 0 Å². The number of hydrogen-bond donors (Lipinski definition) is 3. The zero-order valence-corrected chi connectivity index (χ0v) is 12.0. The van der Waals surface area contributed by atoms with E-state index in [2.05, 4.69) is 10.3 Å². The first-order valence-electron chi connectivity index (χ1n) is 6.67. The number of aromatic nitrogens is 1. The molecule has 2 rings (SSSR count). The van der Waals surface area contributed by atoms with Gasteiger partial charge in [-0.25, -0.2) is 4.79 Å². The van der Waals surface area contributed by atoms with Gasteiger partial charge in [-0.1, -0.05) is 0 Å². The molecule has 0 bridgehead atoms. The average molecular weight is 280 g/mol. The van der Waals surface area contributed by atoms with Crippen molar-refractivity contribution in [3.63, 3.8) is 0 Å². The first kappa shape index (κ1) is 14.6. The molecule has 0 aliphatic carbocycles. The molecule has 1 saturated heterocycles. The summed E-state index contributed by atoms with van der Waals surface area (Å²) in [5.74, 6) is -1.31. The fourth-order valence-electron chi connectivity index (χ4n) is 2.67. The van der Waals surface area contributed by atoms with E-state index in [1.54, 1.807) is 13.8 Å². The highest BCUT2D eigenvalue weighted by molar-refractivity contribution is 6.01. The van der Waals surface area contributed by atoms with Gasteiger partial charge in [-0.3, -0.25) is 4.79 Å². The summed E-state index contributed by atoms with van der Waals surface area (Å²) >= 11 is 0. The Hall–Kier alpha value is -1.82. The molecule has 0 spiro atoms. The lowest BCUT2D eigenvalue weighted by atomic mass is 9.94. The van der Waals surface area contributed by atoms with Gasteiger partial charge in [0.2, 0.25) is 0 Å². The predicted molar refractivity (Wildman–Crippen MR) is 73.2 cm³/mol. The number of carboxylic acid groups (broad SMARTS) is 1. The molecule has 3 N–H and O–H groups in total. The molecule has 2 heterocycles. The fourth-order valence-corrected chi connectivity index (χ4v) is 2.67. The van der Waals surface area contributed by atoms with Crippen LogP contribution in [0.1, 0.15) is 51.9 Å². The van der Waals surface area contributed by atoms with Crippen molar-refractivity contribution in [3.05, 3.63) is 22.5 Å². The summed E-state index contributed by atoms with van der Waals surface area (Å²) in [4.78, 5) is 26.2. The Bertz CT molecular complexity index is 542. The van der Waals surface area contributed by atoms with Crippen LogP contribution >= 0.6 is 0 Å². The molecule has 0 radical (unpaired) electrons. The summed E-state index contributed by atoms with van der Waals surface area (Å²) in [6, 6.07) is 0. The molecule has 110 valence electrons. The Morgan fingerprint density at radius 2 is 2.10 bits per heavy atom.